The zero-order valence-corrected chi connectivity index (χ0v) is 11.4. The van der Waals surface area contributed by atoms with Gasteiger partial charge in [0.2, 0.25) is 0 Å². The van der Waals surface area contributed by atoms with Crippen molar-refractivity contribution in [1.82, 2.24) is 19.9 Å². The largest absolute Gasteiger partial charge is 0.497 e. The van der Waals surface area contributed by atoms with Gasteiger partial charge in [0.05, 0.1) is 18.1 Å². The van der Waals surface area contributed by atoms with Crippen molar-refractivity contribution >= 4 is 22.3 Å². The molecule has 0 aliphatic heterocycles. The second-order valence-corrected chi connectivity index (χ2v) is 4.70. The molecule has 2 aromatic heterocycles. The Morgan fingerprint density at radius 1 is 0.857 bits per heavy atom. The highest BCUT2D eigenvalue weighted by Gasteiger charge is 2.09. The predicted octanol–water partition coefficient (Wildman–Crippen LogP) is 3.18. The van der Waals surface area contributed by atoms with Crippen LogP contribution < -0.4 is 4.74 Å². The minimum Gasteiger partial charge on any atom is -0.497 e. The SMILES string of the molecule is COc1ccc(-c2nc3nc4ccccc4nc3[nH]2)cc1. The van der Waals surface area contributed by atoms with E-state index in [1.54, 1.807) is 7.11 Å². The number of rotatable bonds is 2. The van der Waals surface area contributed by atoms with Crippen LogP contribution in [-0.2, 0) is 0 Å². The number of hydrogen-bond donors (Lipinski definition) is 1. The van der Waals surface area contributed by atoms with E-state index in [-0.39, 0.29) is 0 Å². The Morgan fingerprint density at radius 2 is 1.57 bits per heavy atom. The van der Waals surface area contributed by atoms with Gasteiger partial charge in [0, 0.05) is 5.56 Å². The van der Waals surface area contributed by atoms with Crippen molar-refractivity contribution in [2.24, 2.45) is 0 Å². The molecule has 5 heteroatoms. The molecule has 0 bridgehead atoms. The summed E-state index contributed by atoms with van der Waals surface area (Å²) in [5.41, 5.74) is 3.99. The first-order valence-corrected chi connectivity index (χ1v) is 6.60. The van der Waals surface area contributed by atoms with Crippen LogP contribution in [0.4, 0.5) is 0 Å². The first-order valence-electron chi connectivity index (χ1n) is 6.60. The van der Waals surface area contributed by atoms with Gasteiger partial charge in [-0.25, -0.2) is 15.0 Å². The molecule has 5 nitrogen and oxygen atoms in total. The van der Waals surface area contributed by atoms with Crippen molar-refractivity contribution in [1.29, 1.82) is 0 Å². The summed E-state index contributed by atoms with van der Waals surface area (Å²) >= 11 is 0. The van der Waals surface area contributed by atoms with Crippen molar-refractivity contribution in [2.45, 2.75) is 0 Å². The maximum Gasteiger partial charge on any atom is 0.198 e. The number of fused-ring (bicyclic) bond motifs is 2. The summed E-state index contributed by atoms with van der Waals surface area (Å²) in [6, 6.07) is 15.5. The van der Waals surface area contributed by atoms with Crippen LogP contribution in [0.2, 0.25) is 0 Å². The van der Waals surface area contributed by atoms with Gasteiger partial charge < -0.3 is 9.72 Å². The van der Waals surface area contributed by atoms with Crippen LogP contribution >= 0.6 is 0 Å². The van der Waals surface area contributed by atoms with Crippen molar-refractivity contribution < 1.29 is 4.74 Å². The van der Waals surface area contributed by atoms with E-state index in [0.717, 1.165) is 28.2 Å². The molecule has 0 fully saturated rings. The molecule has 4 aromatic rings. The van der Waals surface area contributed by atoms with Crippen LogP contribution in [0, 0.1) is 0 Å². The van der Waals surface area contributed by atoms with Gasteiger partial charge in [0.1, 0.15) is 11.6 Å². The molecule has 102 valence electrons. The van der Waals surface area contributed by atoms with Crippen LogP contribution in [0.3, 0.4) is 0 Å². The number of methoxy groups -OCH3 is 1. The van der Waals surface area contributed by atoms with Crippen molar-refractivity contribution in [2.75, 3.05) is 7.11 Å². The molecule has 2 aromatic carbocycles. The lowest BCUT2D eigenvalue weighted by Crippen LogP contribution is -1.85. The van der Waals surface area contributed by atoms with E-state index in [1.165, 1.54) is 0 Å². The van der Waals surface area contributed by atoms with Crippen LogP contribution in [0.5, 0.6) is 5.75 Å². The predicted molar refractivity (Wildman–Crippen MR) is 81.2 cm³/mol. The van der Waals surface area contributed by atoms with E-state index in [0.29, 0.717) is 11.3 Å². The number of aromatic amines is 1. The Kier molecular flexibility index (Phi) is 2.57. The molecule has 0 aliphatic carbocycles. The van der Waals surface area contributed by atoms with E-state index < -0.39 is 0 Å². The minimum absolute atomic E-state index is 0.625. The molecule has 0 radical (unpaired) electrons. The standard InChI is InChI=1S/C16H12N4O/c1-21-11-8-6-10(7-9-11)14-19-15-16(20-14)18-13-5-3-2-4-12(13)17-15/h2-9H,1H3,(H,17,18,19,20). The summed E-state index contributed by atoms with van der Waals surface area (Å²) in [5, 5.41) is 0. The molecule has 1 N–H and O–H groups in total. The van der Waals surface area contributed by atoms with E-state index in [9.17, 15) is 0 Å². The number of para-hydroxylation sites is 2. The van der Waals surface area contributed by atoms with Gasteiger partial charge in [-0.05, 0) is 36.4 Å². The molecule has 4 rings (SSSR count). The zero-order chi connectivity index (χ0) is 14.2. The molecular weight excluding hydrogens is 264 g/mol. The quantitative estimate of drug-likeness (QED) is 0.610. The van der Waals surface area contributed by atoms with Gasteiger partial charge >= 0.3 is 0 Å². The molecule has 0 aliphatic rings. The maximum atomic E-state index is 5.16. The Labute approximate surface area is 120 Å². The summed E-state index contributed by atoms with van der Waals surface area (Å²) in [7, 11) is 1.65. The smallest absolute Gasteiger partial charge is 0.198 e. The van der Waals surface area contributed by atoms with Gasteiger partial charge in [-0.3, -0.25) is 0 Å². The van der Waals surface area contributed by atoms with Crippen LogP contribution in [0.1, 0.15) is 0 Å². The van der Waals surface area contributed by atoms with E-state index >= 15 is 0 Å². The number of hydrogen-bond acceptors (Lipinski definition) is 4. The summed E-state index contributed by atoms with van der Waals surface area (Å²) in [4.78, 5) is 16.8. The third-order valence-electron chi connectivity index (χ3n) is 3.37. The zero-order valence-electron chi connectivity index (χ0n) is 11.4. The van der Waals surface area contributed by atoms with Crippen LogP contribution in [0.25, 0.3) is 33.7 Å². The van der Waals surface area contributed by atoms with E-state index in [2.05, 4.69) is 19.9 Å². The summed E-state index contributed by atoms with van der Waals surface area (Å²) in [6.07, 6.45) is 0. The lowest BCUT2D eigenvalue weighted by molar-refractivity contribution is 0.415. The van der Waals surface area contributed by atoms with E-state index in [1.807, 2.05) is 48.5 Å². The number of aromatic nitrogens is 4. The summed E-state index contributed by atoms with van der Waals surface area (Å²) < 4.78 is 5.16. The van der Waals surface area contributed by atoms with Crippen LogP contribution in [0.15, 0.2) is 48.5 Å². The molecule has 2 heterocycles. The van der Waals surface area contributed by atoms with Gasteiger partial charge in [-0.15, -0.1) is 0 Å². The van der Waals surface area contributed by atoms with Gasteiger partial charge in [-0.2, -0.15) is 0 Å². The van der Waals surface area contributed by atoms with Crippen molar-refractivity contribution in [3.63, 3.8) is 0 Å². The molecule has 0 atom stereocenters. The lowest BCUT2D eigenvalue weighted by Gasteiger charge is -1.99. The number of nitrogens with zero attached hydrogens (tertiary/aromatic N) is 3. The fourth-order valence-electron chi connectivity index (χ4n) is 2.28. The first-order chi connectivity index (χ1) is 10.3. The molecule has 0 spiro atoms. The average molecular weight is 276 g/mol. The maximum absolute atomic E-state index is 5.16. The summed E-state index contributed by atoms with van der Waals surface area (Å²) in [6.45, 7) is 0. The Hall–Kier alpha value is -2.95. The Morgan fingerprint density at radius 3 is 2.29 bits per heavy atom. The monoisotopic (exact) mass is 276 g/mol. The highest BCUT2D eigenvalue weighted by molar-refractivity contribution is 5.84. The average Bonchev–Trinajstić information content (AvgIpc) is 2.95. The van der Waals surface area contributed by atoms with Gasteiger partial charge in [0.25, 0.3) is 0 Å². The fourth-order valence-corrected chi connectivity index (χ4v) is 2.28. The van der Waals surface area contributed by atoms with Crippen molar-refractivity contribution in [3.05, 3.63) is 48.5 Å². The number of H-pyrrole nitrogens is 1. The number of nitrogens with one attached hydrogen (secondary N) is 1. The van der Waals surface area contributed by atoms with Crippen molar-refractivity contribution in [3.8, 4) is 17.1 Å². The normalized spacial score (nSPS) is 11.1. The first kappa shape index (κ1) is 11.8. The van der Waals surface area contributed by atoms with Gasteiger partial charge in [0.15, 0.2) is 11.3 Å². The third kappa shape index (κ3) is 1.99. The molecule has 0 saturated heterocycles. The summed E-state index contributed by atoms with van der Waals surface area (Å²) in [5.74, 6) is 1.57. The Bertz CT molecular complexity index is 875. The van der Waals surface area contributed by atoms with E-state index in [4.69, 9.17) is 4.74 Å². The second kappa shape index (κ2) is 4.56. The highest BCUT2D eigenvalue weighted by Crippen LogP contribution is 2.22. The minimum atomic E-state index is 0.625. The second-order valence-electron chi connectivity index (χ2n) is 4.70. The highest BCUT2D eigenvalue weighted by atomic mass is 16.5. The van der Waals surface area contributed by atoms with Crippen LogP contribution in [-0.4, -0.2) is 27.0 Å². The molecular formula is C16H12N4O. The molecule has 0 unspecified atom stereocenters. The third-order valence-corrected chi connectivity index (χ3v) is 3.37. The fraction of sp³-hybridized carbons (Fsp3) is 0.0625. The van der Waals surface area contributed by atoms with Gasteiger partial charge in [-0.1, -0.05) is 12.1 Å². The number of ether oxygens (including phenoxy) is 1. The molecule has 0 saturated carbocycles. The number of benzene rings is 2. The topological polar surface area (TPSA) is 63.7 Å². The Balaban J connectivity index is 1.87. The lowest BCUT2D eigenvalue weighted by atomic mass is 10.2. The molecule has 21 heavy (non-hydrogen) atoms. The number of imidazole rings is 1. The molecule has 0 amide bonds.